The van der Waals surface area contributed by atoms with Crippen molar-refractivity contribution in [1.29, 1.82) is 0 Å². The number of nitrogens with two attached hydrogens (primary N) is 1. The average molecular weight is 149 g/mol. The Bertz CT molecular complexity index is 238. The van der Waals surface area contributed by atoms with Gasteiger partial charge < -0.3 is 5.73 Å². The van der Waals surface area contributed by atoms with Crippen LogP contribution in [0.15, 0.2) is 24.3 Å². The second-order valence-corrected chi connectivity index (χ2v) is 2.57. The van der Waals surface area contributed by atoms with Gasteiger partial charge in [0, 0.05) is 11.6 Å². The van der Waals surface area contributed by atoms with E-state index in [0.717, 1.165) is 11.8 Å². The predicted octanol–water partition coefficient (Wildman–Crippen LogP) is 1.52. The lowest BCUT2D eigenvalue weighted by molar-refractivity contribution is 0.112. The topological polar surface area (TPSA) is 43.1 Å². The molecule has 0 amide bonds. The summed E-state index contributed by atoms with van der Waals surface area (Å²) in [5.74, 6) is 0. The third-order valence-electron chi connectivity index (χ3n) is 1.60. The lowest BCUT2D eigenvalue weighted by Crippen LogP contribution is -2.04. The summed E-state index contributed by atoms with van der Waals surface area (Å²) in [5.41, 5.74) is 7.36. The van der Waals surface area contributed by atoms with Crippen LogP contribution in [0, 0.1) is 0 Å². The van der Waals surface area contributed by atoms with E-state index in [0.29, 0.717) is 5.56 Å². The lowest BCUT2D eigenvalue weighted by Gasteiger charge is -2.03. The van der Waals surface area contributed by atoms with Crippen molar-refractivity contribution in [2.45, 2.75) is 13.0 Å². The summed E-state index contributed by atoms with van der Waals surface area (Å²) in [4.78, 5) is 10.3. The van der Waals surface area contributed by atoms with Gasteiger partial charge in [-0.25, -0.2) is 0 Å². The highest BCUT2D eigenvalue weighted by Gasteiger charge is 1.97. The molecular formula is C9H11NO. The Morgan fingerprint density at radius 3 is 2.27 bits per heavy atom. The van der Waals surface area contributed by atoms with Crippen molar-refractivity contribution in [1.82, 2.24) is 0 Å². The summed E-state index contributed by atoms with van der Waals surface area (Å²) in [7, 11) is 0. The third kappa shape index (κ3) is 1.88. The van der Waals surface area contributed by atoms with Gasteiger partial charge in [-0.2, -0.15) is 0 Å². The van der Waals surface area contributed by atoms with Crippen molar-refractivity contribution < 1.29 is 4.79 Å². The maximum atomic E-state index is 10.3. The van der Waals surface area contributed by atoms with Crippen LogP contribution in [0.5, 0.6) is 0 Å². The van der Waals surface area contributed by atoms with Gasteiger partial charge in [0.2, 0.25) is 0 Å². The van der Waals surface area contributed by atoms with E-state index in [4.69, 9.17) is 5.73 Å². The quantitative estimate of drug-likeness (QED) is 0.648. The minimum atomic E-state index is 0.0377. The number of hydrogen-bond donors (Lipinski definition) is 1. The highest BCUT2D eigenvalue weighted by molar-refractivity contribution is 5.74. The highest BCUT2D eigenvalue weighted by Crippen LogP contribution is 2.09. The monoisotopic (exact) mass is 149 g/mol. The summed E-state index contributed by atoms with van der Waals surface area (Å²) in [6.45, 7) is 1.91. The molecule has 0 aromatic heterocycles. The van der Waals surface area contributed by atoms with Crippen LogP contribution in [0.1, 0.15) is 28.9 Å². The van der Waals surface area contributed by atoms with Gasteiger partial charge >= 0.3 is 0 Å². The molecule has 0 bridgehead atoms. The Morgan fingerprint density at radius 2 is 1.91 bits per heavy atom. The molecule has 0 heterocycles. The van der Waals surface area contributed by atoms with E-state index in [-0.39, 0.29) is 6.04 Å². The van der Waals surface area contributed by atoms with E-state index in [1.54, 1.807) is 12.1 Å². The molecule has 0 saturated carbocycles. The van der Waals surface area contributed by atoms with Crippen LogP contribution in [-0.4, -0.2) is 6.29 Å². The highest BCUT2D eigenvalue weighted by atomic mass is 16.1. The normalized spacial score (nSPS) is 12.5. The first kappa shape index (κ1) is 7.95. The van der Waals surface area contributed by atoms with Gasteiger partial charge in [0.1, 0.15) is 6.29 Å². The van der Waals surface area contributed by atoms with Crippen LogP contribution >= 0.6 is 0 Å². The van der Waals surface area contributed by atoms with Gasteiger partial charge in [0.25, 0.3) is 0 Å². The Balaban J connectivity index is 2.91. The van der Waals surface area contributed by atoms with Gasteiger partial charge in [-0.15, -0.1) is 0 Å². The maximum absolute atomic E-state index is 10.3. The molecule has 0 fully saturated rings. The van der Waals surface area contributed by atoms with Crippen LogP contribution in [0.3, 0.4) is 0 Å². The van der Waals surface area contributed by atoms with Crippen molar-refractivity contribution in [3.8, 4) is 0 Å². The smallest absolute Gasteiger partial charge is 0.150 e. The first-order valence-electron chi connectivity index (χ1n) is 3.55. The Labute approximate surface area is 66.0 Å². The zero-order valence-corrected chi connectivity index (χ0v) is 6.45. The summed E-state index contributed by atoms with van der Waals surface area (Å²) in [5, 5.41) is 0. The zero-order valence-electron chi connectivity index (χ0n) is 6.45. The first-order valence-corrected chi connectivity index (χ1v) is 3.55. The molecule has 0 aliphatic carbocycles. The molecule has 2 nitrogen and oxygen atoms in total. The van der Waals surface area contributed by atoms with Gasteiger partial charge in [0.15, 0.2) is 0 Å². The lowest BCUT2D eigenvalue weighted by atomic mass is 10.1. The number of rotatable bonds is 2. The van der Waals surface area contributed by atoms with Gasteiger partial charge in [-0.3, -0.25) is 4.79 Å². The predicted molar refractivity (Wildman–Crippen MR) is 44.4 cm³/mol. The van der Waals surface area contributed by atoms with Gasteiger partial charge in [-0.05, 0) is 12.5 Å². The van der Waals surface area contributed by atoms with Crippen LogP contribution in [0.2, 0.25) is 0 Å². The minimum absolute atomic E-state index is 0.0377. The largest absolute Gasteiger partial charge is 0.324 e. The molecule has 11 heavy (non-hydrogen) atoms. The number of carbonyl (C=O) groups excluding carboxylic acids is 1. The van der Waals surface area contributed by atoms with Crippen LogP contribution in [-0.2, 0) is 0 Å². The van der Waals surface area contributed by atoms with Gasteiger partial charge in [0.05, 0.1) is 0 Å². The van der Waals surface area contributed by atoms with Gasteiger partial charge in [-0.1, -0.05) is 24.3 Å². The summed E-state index contributed by atoms with van der Waals surface area (Å²) in [6, 6.07) is 7.32. The Morgan fingerprint density at radius 1 is 1.36 bits per heavy atom. The third-order valence-corrected chi connectivity index (χ3v) is 1.60. The second kappa shape index (κ2) is 3.30. The summed E-state index contributed by atoms with van der Waals surface area (Å²) < 4.78 is 0. The molecule has 0 aliphatic rings. The molecule has 58 valence electrons. The molecule has 1 aromatic rings. The molecule has 0 saturated heterocycles. The van der Waals surface area contributed by atoms with Crippen molar-refractivity contribution in [3.05, 3.63) is 35.4 Å². The average Bonchev–Trinajstić information content (AvgIpc) is 2.05. The summed E-state index contributed by atoms with van der Waals surface area (Å²) in [6.07, 6.45) is 0.824. The van der Waals surface area contributed by atoms with E-state index in [2.05, 4.69) is 0 Å². The molecule has 2 N–H and O–H groups in total. The SMILES string of the molecule is C[C@@H](N)c1ccc(C=O)cc1. The van der Waals surface area contributed by atoms with E-state index < -0.39 is 0 Å². The Kier molecular flexibility index (Phi) is 2.39. The minimum Gasteiger partial charge on any atom is -0.324 e. The van der Waals surface area contributed by atoms with E-state index in [1.807, 2.05) is 19.1 Å². The number of benzene rings is 1. The van der Waals surface area contributed by atoms with Crippen molar-refractivity contribution >= 4 is 6.29 Å². The standard InChI is InChI=1S/C9H11NO/c1-7(10)9-4-2-8(6-11)3-5-9/h2-7H,10H2,1H3/t7-/m1/s1. The maximum Gasteiger partial charge on any atom is 0.150 e. The molecule has 0 aliphatic heterocycles. The molecule has 1 atom stereocenters. The fraction of sp³-hybridized carbons (Fsp3) is 0.222. The van der Waals surface area contributed by atoms with Crippen LogP contribution in [0.4, 0.5) is 0 Å². The molecule has 0 radical (unpaired) electrons. The molecule has 0 spiro atoms. The number of aldehydes is 1. The molecule has 1 rings (SSSR count). The van der Waals surface area contributed by atoms with E-state index in [9.17, 15) is 4.79 Å². The summed E-state index contributed by atoms with van der Waals surface area (Å²) >= 11 is 0. The van der Waals surface area contributed by atoms with E-state index >= 15 is 0 Å². The first-order chi connectivity index (χ1) is 5.24. The fourth-order valence-electron chi connectivity index (χ4n) is 0.878. The molecule has 2 heteroatoms. The van der Waals surface area contributed by atoms with Crippen molar-refractivity contribution in [2.75, 3.05) is 0 Å². The molecule has 1 aromatic carbocycles. The van der Waals surface area contributed by atoms with E-state index in [1.165, 1.54) is 0 Å². The Hall–Kier alpha value is -1.15. The van der Waals surface area contributed by atoms with Crippen molar-refractivity contribution in [2.24, 2.45) is 5.73 Å². The fourth-order valence-corrected chi connectivity index (χ4v) is 0.878. The molecular weight excluding hydrogens is 138 g/mol. The number of carbonyl (C=O) groups is 1. The molecule has 0 unspecified atom stereocenters. The second-order valence-electron chi connectivity index (χ2n) is 2.57. The van der Waals surface area contributed by atoms with Crippen LogP contribution in [0.25, 0.3) is 0 Å². The number of hydrogen-bond acceptors (Lipinski definition) is 2. The zero-order chi connectivity index (χ0) is 8.27. The van der Waals surface area contributed by atoms with Crippen molar-refractivity contribution in [3.63, 3.8) is 0 Å². The van der Waals surface area contributed by atoms with Crippen LogP contribution < -0.4 is 5.73 Å².